The van der Waals surface area contributed by atoms with Crippen LogP contribution in [0.15, 0.2) is 29.1 Å². The van der Waals surface area contributed by atoms with Gasteiger partial charge in [0, 0.05) is 31.5 Å². The van der Waals surface area contributed by atoms with E-state index in [0.717, 1.165) is 24.0 Å². The van der Waals surface area contributed by atoms with E-state index in [0.29, 0.717) is 25.5 Å². The van der Waals surface area contributed by atoms with Gasteiger partial charge in [-0.25, -0.2) is 0 Å². The second-order valence-electron chi connectivity index (χ2n) is 7.25. The molecule has 8 heteroatoms. The van der Waals surface area contributed by atoms with Crippen molar-refractivity contribution in [2.24, 2.45) is 5.92 Å². The van der Waals surface area contributed by atoms with Crippen LogP contribution < -0.4 is 5.56 Å². The first-order chi connectivity index (χ1) is 14.0. The van der Waals surface area contributed by atoms with Gasteiger partial charge in [0.1, 0.15) is 5.69 Å². The van der Waals surface area contributed by atoms with E-state index >= 15 is 0 Å². The minimum absolute atomic E-state index is 0.0946. The lowest BCUT2D eigenvalue weighted by molar-refractivity contribution is -0.151. The molecule has 1 unspecified atom stereocenters. The number of piperidine rings is 1. The summed E-state index contributed by atoms with van der Waals surface area (Å²) in [4.78, 5) is 41.2. The molecule has 0 spiro atoms. The Morgan fingerprint density at radius 1 is 1.24 bits per heavy atom. The number of likely N-dealkylation sites (tertiary alicyclic amines) is 1. The molecule has 1 aromatic heterocycles. The van der Waals surface area contributed by atoms with Crippen molar-refractivity contribution in [3.8, 4) is 11.4 Å². The highest BCUT2D eigenvalue weighted by Crippen LogP contribution is 2.19. The summed E-state index contributed by atoms with van der Waals surface area (Å²) in [6.45, 7) is 5.07. The van der Waals surface area contributed by atoms with Crippen molar-refractivity contribution >= 4 is 11.9 Å². The number of esters is 1. The average Bonchev–Trinajstić information content (AvgIpc) is 2.73. The summed E-state index contributed by atoms with van der Waals surface area (Å²) >= 11 is 0. The Morgan fingerprint density at radius 2 is 2.00 bits per heavy atom. The maximum absolute atomic E-state index is 12.5. The second-order valence-corrected chi connectivity index (χ2v) is 7.25. The molecule has 1 aliphatic heterocycles. The predicted molar refractivity (Wildman–Crippen MR) is 107 cm³/mol. The molecule has 1 atom stereocenters. The number of aromatic amines is 1. The van der Waals surface area contributed by atoms with E-state index in [1.165, 1.54) is 0 Å². The van der Waals surface area contributed by atoms with E-state index in [9.17, 15) is 14.4 Å². The van der Waals surface area contributed by atoms with Crippen LogP contribution in [0.4, 0.5) is 0 Å². The first kappa shape index (κ1) is 20.7. The predicted octanol–water partition coefficient (Wildman–Crippen LogP) is 1.87. The zero-order valence-corrected chi connectivity index (χ0v) is 16.8. The molecule has 3 rings (SSSR count). The average molecular weight is 398 g/mol. The fraction of sp³-hybridized carbons (Fsp3) is 0.476. The van der Waals surface area contributed by atoms with Crippen molar-refractivity contribution in [3.63, 3.8) is 0 Å². The van der Waals surface area contributed by atoms with Crippen molar-refractivity contribution in [3.05, 3.63) is 45.9 Å². The van der Waals surface area contributed by atoms with Gasteiger partial charge >= 0.3 is 5.97 Å². The number of carbonyl (C=O) groups is 2. The third-order valence-electron chi connectivity index (χ3n) is 5.06. The molecule has 8 nitrogen and oxygen atoms in total. The molecule has 1 amide bonds. The van der Waals surface area contributed by atoms with E-state index < -0.39 is 0 Å². The van der Waals surface area contributed by atoms with Crippen LogP contribution in [0.1, 0.15) is 37.4 Å². The summed E-state index contributed by atoms with van der Waals surface area (Å²) in [7, 11) is 0. The first-order valence-corrected chi connectivity index (χ1v) is 9.95. The van der Waals surface area contributed by atoms with Crippen LogP contribution in [0, 0.1) is 12.8 Å². The van der Waals surface area contributed by atoms with E-state index in [1.54, 1.807) is 11.8 Å². The molecule has 0 radical (unpaired) electrons. The Kier molecular flexibility index (Phi) is 6.74. The largest absolute Gasteiger partial charge is 0.466 e. The number of nitrogens with one attached hydrogen (secondary N) is 1. The minimum atomic E-state index is -0.341. The van der Waals surface area contributed by atoms with Gasteiger partial charge in [-0.2, -0.15) is 0 Å². The number of amides is 1. The Labute approximate surface area is 169 Å². The molecule has 1 N–H and O–H groups in total. The van der Waals surface area contributed by atoms with Crippen molar-refractivity contribution in [2.45, 2.75) is 39.5 Å². The second kappa shape index (κ2) is 9.45. The molecule has 0 aliphatic carbocycles. The molecule has 1 aromatic carbocycles. The normalized spacial score (nSPS) is 16.5. The van der Waals surface area contributed by atoms with Gasteiger partial charge in [0.15, 0.2) is 5.82 Å². The molecule has 154 valence electrons. The summed E-state index contributed by atoms with van der Waals surface area (Å²) in [6, 6.07) is 7.61. The van der Waals surface area contributed by atoms with Gasteiger partial charge in [-0.15, -0.1) is 10.2 Å². The molecule has 1 fully saturated rings. The summed E-state index contributed by atoms with van der Waals surface area (Å²) in [5, 5.41) is 8.12. The summed E-state index contributed by atoms with van der Waals surface area (Å²) < 4.78 is 5.07. The number of benzene rings is 1. The molecule has 1 aliphatic rings. The van der Waals surface area contributed by atoms with E-state index in [1.807, 2.05) is 31.2 Å². The number of aryl methyl sites for hydroxylation is 2. The topological polar surface area (TPSA) is 105 Å². The van der Waals surface area contributed by atoms with Gasteiger partial charge < -0.3 is 14.6 Å². The molecule has 29 heavy (non-hydrogen) atoms. The highest BCUT2D eigenvalue weighted by molar-refractivity contribution is 5.78. The van der Waals surface area contributed by atoms with Crippen LogP contribution in [0.25, 0.3) is 11.4 Å². The Morgan fingerprint density at radius 3 is 2.69 bits per heavy atom. The minimum Gasteiger partial charge on any atom is -0.466 e. The van der Waals surface area contributed by atoms with Gasteiger partial charge in [-0.05, 0) is 26.7 Å². The van der Waals surface area contributed by atoms with Crippen molar-refractivity contribution in [2.75, 3.05) is 19.7 Å². The lowest BCUT2D eigenvalue weighted by Gasteiger charge is -2.31. The molecule has 0 saturated carbocycles. The number of hydrogen-bond donors (Lipinski definition) is 1. The molecular weight excluding hydrogens is 372 g/mol. The zero-order chi connectivity index (χ0) is 20.8. The number of aromatic nitrogens is 3. The van der Waals surface area contributed by atoms with E-state index in [2.05, 4.69) is 15.2 Å². The first-order valence-electron chi connectivity index (χ1n) is 9.95. The van der Waals surface area contributed by atoms with E-state index in [4.69, 9.17) is 4.74 Å². The lowest BCUT2D eigenvalue weighted by atomic mass is 9.98. The number of ether oxygens (including phenoxy) is 1. The van der Waals surface area contributed by atoms with Crippen LogP contribution in [0.3, 0.4) is 0 Å². The monoisotopic (exact) mass is 398 g/mol. The molecule has 0 bridgehead atoms. The van der Waals surface area contributed by atoms with E-state index in [-0.39, 0.29) is 41.9 Å². The Bertz CT molecular complexity index is 923. The van der Waals surface area contributed by atoms with Gasteiger partial charge in [0.2, 0.25) is 5.91 Å². The lowest BCUT2D eigenvalue weighted by Crippen LogP contribution is -2.43. The highest BCUT2D eigenvalue weighted by atomic mass is 16.5. The highest BCUT2D eigenvalue weighted by Gasteiger charge is 2.29. The van der Waals surface area contributed by atoms with Crippen molar-refractivity contribution < 1.29 is 14.3 Å². The maximum Gasteiger partial charge on any atom is 0.310 e. The molecule has 2 heterocycles. The Hall–Kier alpha value is -3.03. The van der Waals surface area contributed by atoms with Crippen molar-refractivity contribution in [1.29, 1.82) is 0 Å². The number of hydrogen-bond acceptors (Lipinski definition) is 6. The third kappa shape index (κ3) is 5.28. The molecular formula is C21H26N4O4. The van der Waals surface area contributed by atoms with Gasteiger partial charge in [0.25, 0.3) is 5.56 Å². The van der Waals surface area contributed by atoms with Crippen LogP contribution in [0.2, 0.25) is 0 Å². The fourth-order valence-electron chi connectivity index (χ4n) is 3.40. The maximum atomic E-state index is 12.5. The standard InChI is InChI=1S/C21H26N4O4/c1-3-29-21(28)16-5-4-12-25(13-16)18(26)11-10-17-20(27)22-19(24-23-17)15-8-6-14(2)7-9-15/h6-9,16H,3-5,10-13H2,1-2H3,(H,22,24,27). The van der Waals surface area contributed by atoms with Gasteiger partial charge in [0.05, 0.1) is 12.5 Å². The van der Waals surface area contributed by atoms with Crippen molar-refractivity contribution in [1.82, 2.24) is 20.1 Å². The Balaban J connectivity index is 1.59. The zero-order valence-electron chi connectivity index (χ0n) is 16.8. The number of rotatable bonds is 6. The summed E-state index contributed by atoms with van der Waals surface area (Å²) in [6.07, 6.45) is 1.85. The SMILES string of the molecule is CCOC(=O)C1CCCN(C(=O)CCc2nnc(-c3ccc(C)cc3)[nH]c2=O)C1. The number of nitrogens with zero attached hydrogens (tertiary/aromatic N) is 3. The molecule has 2 aromatic rings. The fourth-order valence-corrected chi connectivity index (χ4v) is 3.40. The summed E-state index contributed by atoms with van der Waals surface area (Å²) in [5.41, 5.74) is 1.78. The summed E-state index contributed by atoms with van der Waals surface area (Å²) in [5.74, 6) is -0.218. The van der Waals surface area contributed by atoms with Gasteiger partial charge in [-0.1, -0.05) is 29.8 Å². The van der Waals surface area contributed by atoms with Gasteiger partial charge in [-0.3, -0.25) is 14.4 Å². The molecule has 1 saturated heterocycles. The number of carbonyl (C=O) groups excluding carboxylic acids is 2. The quantitative estimate of drug-likeness (QED) is 0.745. The smallest absolute Gasteiger partial charge is 0.310 e. The van der Waals surface area contributed by atoms with Crippen LogP contribution in [0.5, 0.6) is 0 Å². The third-order valence-corrected chi connectivity index (χ3v) is 5.06. The number of H-pyrrole nitrogens is 1. The van der Waals surface area contributed by atoms with Crippen LogP contribution >= 0.6 is 0 Å². The van der Waals surface area contributed by atoms with Crippen LogP contribution in [-0.4, -0.2) is 51.7 Å². The van der Waals surface area contributed by atoms with Crippen LogP contribution in [-0.2, 0) is 20.7 Å².